The van der Waals surface area contributed by atoms with Crippen LogP contribution in [0, 0.1) is 13.8 Å². The third kappa shape index (κ3) is 5.01. The summed E-state index contributed by atoms with van der Waals surface area (Å²) in [6.45, 7) is 5.14. The second-order valence-corrected chi connectivity index (χ2v) is 7.65. The van der Waals surface area contributed by atoms with E-state index in [1.54, 1.807) is 4.90 Å². The third-order valence-corrected chi connectivity index (χ3v) is 5.49. The Labute approximate surface area is 174 Å². The van der Waals surface area contributed by atoms with E-state index in [4.69, 9.17) is 0 Å². The minimum absolute atomic E-state index is 0.00207. The van der Waals surface area contributed by atoms with E-state index >= 15 is 0 Å². The number of aryl methyl sites for hydroxylation is 3. The van der Waals surface area contributed by atoms with Crippen LogP contribution in [0.4, 0.5) is 13.2 Å². The van der Waals surface area contributed by atoms with Crippen LogP contribution < -0.4 is 0 Å². The molecule has 2 aromatic carbocycles. The molecular weight excluding hydrogens is 393 g/mol. The summed E-state index contributed by atoms with van der Waals surface area (Å²) in [4.78, 5) is 28.3. The average molecular weight is 418 g/mol. The van der Waals surface area contributed by atoms with Crippen LogP contribution >= 0.6 is 0 Å². The van der Waals surface area contributed by atoms with Crippen LogP contribution in [0.25, 0.3) is 0 Å². The number of hydrogen-bond donors (Lipinski definition) is 0. The highest BCUT2D eigenvalue weighted by Gasteiger charge is 2.36. The molecule has 7 heteroatoms. The van der Waals surface area contributed by atoms with Crippen molar-refractivity contribution in [1.82, 2.24) is 9.80 Å². The van der Waals surface area contributed by atoms with Crippen molar-refractivity contribution >= 4 is 11.8 Å². The Balaban J connectivity index is 1.57. The molecule has 0 unspecified atom stereocenters. The minimum Gasteiger partial charge on any atom is -0.339 e. The topological polar surface area (TPSA) is 40.6 Å². The number of halogens is 3. The number of carbonyl (C=O) groups is 2. The number of rotatable bonds is 4. The van der Waals surface area contributed by atoms with Crippen molar-refractivity contribution in [3.05, 3.63) is 70.3 Å². The molecular formula is C23H25F3N2O2. The fourth-order valence-corrected chi connectivity index (χ4v) is 3.77. The molecule has 2 aromatic rings. The maximum atomic E-state index is 13.2. The lowest BCUT2D eigenvalue weighted by atomic mass is 10.0. The number of nitrogens with zero attached hydrogens (tertiary/aromatic N) is 2. The Bertz CT molecular complexity index is 932. The van der Waals surface area contributed by atoms with E-state index < -0.39 is 17.6 Å². The predicted octanol–water partition coefficient (Wildman–Crippen LogP) is 4.24. The van der Waals surface area contributed by atoms with Crippen LogP contribution in [0.2, 0.25) is 0 Å². The van der Waals surface area contributed by atoms with Crippen LogP contribution in [-0.4, -0.2) is 47.8 Å². The summed E-state index contributed by atoms with van der Waals surface area (Å²) in [5.41, 5.74) is 2.19. The molecule has 4 nitrogen and oxygen atoms in total. The van der Waals surface area contributed by atoms with Gasteiger partial charge in [-0.3, -0.25) is 9.59 Å². The van der Waals surface area contributed by atoms with E-state index in [-0.39, 0.29) is 24.6 Å². The van der Waals surface area contributed by atoms with E-state index in [0.29, 0.717) is 25.9 Å². The largest absolute Gasteiger partial charge is 0.417 e. The van der Waals surface area contributed by atoms with Gasteiger partial charge in [-0.25, -0.2) is 0 Å². The average Bonchev–Trinajstić information content (AvgIpc) is 2.72. The first kappa shape index (κ1) is 21.9. The summed E-state index contributed by atoms with van der Waals surface area (Å²) in [5, 5.41) is 0. The highest BCUT2D eigenvalue weighted by Crippen LogP contribution is 2.32. The van der Waals surface area contributed by atoms with Gasteiger partial charge in [0.2, 0.25) is 5.91 Å². The number of piperazine rings is 1. The molecule has 160 valence electrons. The van der Waals surface area contributed by atoms with Gasteiger partial charge in [0.1, 0.15) is 0 Å². The van der Waals surface area contributed by atoms with Crippen molar-refractivity contribution in [2.24, 2.45) is 0 Å². The first-order chi connectivity index (χ1) is 14.2. The minimum atomic E-state index is -4.59. The highest BCUT2D eigenvalue weighted by atomic mass is 19.4. The number of benzene rings is 2. The summed E-state index contributed by atoms with van der Waals surface area (Å²) in [6.07, 6.45) is -3.57. The molecule has 1 saturated heterocycles. The molecule has 0 aromatic heterocycles. The molecule has 30 heavy (non-hydrogen) atoms. The Morgan fingerprint density at radius 3 is 2.20 bits per heavy atom. The van der Waals surface area contributed by atoms with Crippen molar-refractivity contribution in [1.29, 1.82) is 0 Å². The van der Waals surface area contributed by atoms with Gasteiger partial charge in [-0.05, 0) is 43.5 Å². The normalized spacial score (nSPS) is 14.7. The van der Waals surface area contributed by atoms with Crippen molar-refractivity contribution < 1.29 is 22.8 Å². The lowest BCUT2D eigenvalue weighted by molar-refractivity contribution is -0.138. The molecule has 2 amide bonds. The van der Waals surface area contributed by atoms with Crippen LogP contribution in [-0.2, 0) is 17.4 Å². The second kappa shape index (κ2) is 8.90. The zero-order valence-corrected chi connectivity index (χ0v) is 17.1. The number of hydrogen-bond acceptors (Lipinski definition) is 2. The summed E-state index contributed by atoms with van der Waals surface area (Å²) in [6, 6.07) is 11.0. The van der Waals surface area contributed by atoms with Gasteiger partial charge in [-0.15, -0.1) is 0 Å². The van der Waals surface area contributed by atoms with Crippen molar-refractivity contribution in [3.8, 4) is 0 Å². The monoisotopic (exact) mass is 418 g/mol. The molecule has 1 aliphatic rings. The molecule has 0 aliphatic carbocycles. The van der Waals surface area contributed by atoms with Crippen LogP contribution in [0.3, 0.4) is 0 Å². The van der Waals surface area contributed by atoms with Gasteiger partial charge in [0.15, 0.2) is 0 Å². The Morgan fingerprint density at radius 1 is 0.933 bits per heavy atom. The van der Waals surface area contributed by atoms with Crippen LogP contribution in [0.5, 0.6) is 0 Å². The smallest absolute Gasteiger partial charge is 0.339 e. The lowest BCUT2D eigenvalue weighted by Gasteiger charge is -2.35. The third-order valence-electron chi connectivity index (χ3n) is 5.49. The van der Waals surface area contributed by atoms with Gasteiger partial charge in [0.05, 0.1) is 11.1 Å². The van der Waals surface area contributed by atoms with E-state index in [2.05, 4.69) is 6.07 Å². The van der Waals surface area contributed by atoms with Gasteiger partial charge < -0.3 is 9.80 Å². The van der Waals surface area contributed by atoms with Gasteiger partial charge in [-0.1, -0.05) is 35.9 Å². The Hall–Kier alpha value is -2.83. The van der Waals surface area contributed by atoms with Gasteiger partial charge in [0, 0.05) is 32.6 Å². The summed E-state index contributed by atoms with van der Waals surface area (Å²) < 4.78 is 39.6. The molecule has 0 radical (unpaired) electrons. The van der Waals surface area contributed by atoms with Crippen molar-refractivity contribution in [2.45, 2.75) is 32.9 Å². The van der Waals surface area contributed by atoms with Gasteiger partial charge in [0.25, 0.3) is 5.91 Å². The number of alkyl halides is 3. The van der Waals surface area contributed by atoms with Crippen LogP contribution in [0.15, 0.2) is 42.5 Å². The molecule has 0 N–H and O–H groups in total. The summed E-state index contributed by atoms with van der Waals surface area (Å²) in [7, 11) is 0. The second-order valence-electron chi connectivity index (χ2n) is 7.65. The van der Waals surface area contributed by atoms with E-state index in [1.165, 1.54) is 28.7 Å². The Kier molecular flexibility index (Phi) is 6.48. The maximum Gasteiger partial charge on any atom is 0.417 e. The molecule has 3 rings (SSSR count). The number of amides is 2. The van der Waals surface area contributed by atoms with E-state index in [0.717, 1.165) is 17.2 Å². The maximum absolute atomic E-state index is 13.2. The lowest BCUT2D eigenvalue weighted by Crippen LogP contribution is -2.50. The highest BCUT2D eigenvalue weighted by molar-refractivity contribution is 5.96. The standard InChI is InChI=1S/C23H25F3N2O2/c1-16-7-8-18(17(2)15-16)9-10-21(29)27-11-13-28(14-12-27)22(30)19-5-3-4-6-20(19)23(24,25)26/h3-8,15H,9-14H2,1-2H3. The van der Waals surface area contributed by atoms with Crippen molar-refractivity contribution in [2.75, 3.05) is 26.2 Å². The zero-order valence-electron chi connectivity index (χ0n) is 17.1. The molecule has 1 aliphatic heterocycles. The first-order valence-corrected chi connectivity index (χ1v) is 9.96. The summed E-state index contributed by atoms with van der Waals surface area (Å²) in [5.74, 6) is -0.650. The quantitative estimate of drug-likeness (QED) is 0.745. The molecule has 1 fully saturated rings. The predicted molar refractivity (Wildman–Crippen MR) is 108 cm³/mol. The zero-order chi connectivity index (χ0) is 21.9. The molecule has 0 atom stereocenters. The van der Waals surface area contributed by atoms with Crippen molar-refractivity contribution in [3.63, 3.8) is 0 Å². The molecule has 1 heterocycles. The molecule has 0 saturated carbocycles. The Morgan fingerprint density at radius 2 is 1.57 bits per heavy atom. The van der Waals surface area contributed by atoms with Gasteiger partial charge >= 0.3 is 6.18 Å². The van der Waals surface area contributed by atoms with E-state index in [1.807, 2.05) is 26.0 Å². The number of carbonyl (C=O) groups excluding carboxylic acids is 2. The SMILES string of the molecule is Cc1ccc(CCC(=O)N2CCN(C(=O)c3ccccc3C(F)(F)F)CC2)c(C)c1. The van der Waals surface area contributed by atoms with Crippen LogP contribution in [0.1, 0.15) is 39.0 Å². The fourth-order valence-electron chi connectivity index (χ4n) is 3.77. The summed E-state index contributed by atoms with van der Waals surface area (Å²) >= 11 is 0. The van der Waals surface area contributed by atoms with Gasteiger partial charge in [-0.2, -0.15) is 13.2 Å². The molecule has 0 bridgehead atoms. The fraction of sp³-hybridized carbons (Fsp3) is 0.391. The first-order valence-electron chi connectivity index (χ1n) is 9.96. The molecule has 0 spiro atoms. The van der Waals surface area contributed by atoms with E-state index in [9.17, 15) is 22.8 Å².